The van der Waals surface area contributed by atoms with Crippen LogP contribution < -0.4 is 5.32 Å². The van der Waals surface area contributed by atoms with Crippen molar-refractivity contribution in [1.82, 2.24) is 5.16 Å². The monoisotopic (exact) mass is 292 g/mol. The first-order valence-electron chi connectivity index (χ1n) is 7.05. The second-order valence-electron chi connectivity index (χ2n) is 5.11. The van der Waals surface area contributed by atoms with Crippen molar-refractivity contribution in [3.05, 3.63) is 71.4 Å². The van der Waals surface area contributed by atoms with Crippen LogP contribution in [0.3, 0.4) is 0 Å². The van der Waals surface area contributed by atoms with Crippen LogP contribution in [0.1, 0.15) is 21.6 Å². The van der Waals surface area contributed by atoms with Crippen LogP contribution in [0.2, 0.25) is 0 Å². The normalized spacial score (nSPS) is 10.5. The number of nitrogens with one attached hydrogen (secondary N) is 1. The molecule has 0 saturated carbocycles. The highest BCUT2D eigenvalue weighted by Gasteiger charge is 2.22. The summed E-state index contributed by atoms with van der Waals surface area (Å²) in [4.78, 5) is 12.6. The van der Waals surface area contributed by atoms with Gasteiger partial charge < -0.3 is 9.84 Å². The van der Waals surface area contributed by atoms with Crippen LogP contribution >= 0.6 is 0 Å². The number of aryl methyl sites for hydroxylation is 2. The molecule has 1 aromatic heterocycles. The summed E-state index contributed by atoms with van der Waals surface area (Å²) in [6.45, 7) is 3.72. The molecule has 1 amide bonds. The van der Waals surface area contributed by atoms with Crippen LogP contribution in [0.4, 0.5) is 5.69 Å². The molecule has 0 spiro atoms. The number of benzene rings is 2. The summed E-state index contributed by atoms with van der Waals surface area (Å²) < 4.78 is 5.36. The van der Waals surface area contributed by atoms with E-state index < -0.39 is 0 Å². The largest absolute Gasteiger partial charge is 0.355 e. The van der Waals surface area contributed by atoms with Gasteiger partial charge in [-0.15, -0.1) is 0 Å². The Morgan fingerprint density at radius 3 is 2.41 bits per heavy atom. The van der Waals surface area contributed by atoms with Gasteiger partial charge in [0.2, 0.25) is 0 Å². The van der Waals surface area contributed by atoms with E-state index in [0.717, 1.165) is 16.8 Å². The first-order chi connectivity index (χ1) is 10.7. The van der Waals surface area contributed by atoms with Gasteiger partial charge in [-0.3, -0.25) is 4.79 Å². The minimum Gasteiger partial charge on any atom is -0.355 e. The van der Waals surface area contributed by atoms with E-state index in [1.807, 2.05) is 61.5 Å². The minimum atomic E-state index is -0.216. The van der Waals surface area contributed by atoms with Crippen LogP contribution in [-0.4, -0.2) is 11.1 Å². The Bertz CT molecular complexity index is 807. The van der Waals surface area contributed by atoms with Gasteiger partial charge in [0.05, 0.1) is 5.69 Å². The van der Waals surface area contributed by atoms with Gasteiger partial charge in [-0.1, -0.05) is 53.7 Å². The van der Waals surface area contributed by atoms with Crippen LogP contribution in [0.5, 0.6) is 0 Å². The second kappa shape index (κ2) is 5.85. The van der Waals surface area contributed by atoms with Crippen molar-refractivity contribution in [1.29, 1.82) is 0 Å². The van der Waals surface area contributed by atoms with E-state index in [-0.39, 0.29) is 5.91 Å². The number of rotatable bonds is 3. The van der Waals surface area contributed by atoms with E-state index in [2.05, 4.69) is 10.5 Å². The van der Waals surface area contributed by atoms with Crippen molar-refractivity contribution < 1.29 is 9.32 Å². The quantitative estimate of drug-likeness (QED) is 0.786. The van der Waals surface area contributed by atoms with Crippen molar-refractivity contribution in [2.24, 2.45) is 0 Å². The third-order valence-electron chi connectivity index (χ3n) is 3.52. The van der Waals surface area contributed by atoms with Crippen molar-refractivity contribution in [3.8, 4) is 11.3 Å². The average Bonchev–Trinajstić information content (AvgIpc) is 2.92. The molecule has 0 aliphatic carbocycles. The van der Waals surface area contributed by atoms with Gasteiger partial charge in [0, 0.05) is 11.3 Å². The van der Waals surface area contributed by atoms with Crippen molar-refractivity contribution in [3.63, 3.8) is 0 Å². The molecule has 0 aliphatic rings. The number of hydrogen-bond acceptors (Lipinski definition) is 3. The number of hydrogen-bond donors (Lipinski definition) is 1. The maximum Gasteiger partial charge on any atom is 0.261 e. The zero-order chi connectivity index (χ0) is 15.5. The summed E-state index contributed by atoms with van der Waals surface area (Å²) in [5.41, 5.74) is 3.66. The molecule has 4 heteroatoms. The molecular formula is C18H16N2O2. The Labute approximate surface area is 128 Å². The Morgan fingerprint density at radius 2 is 1.68 bits per heavy atom. The van der Waals surface area contributed by atoms with Crippen LogP contribution in [0.15, 0.2) is 59.1 Å². The van der Waals surface area contributed by atoms with Crippen molar-refractivity contribution >= 4 is 11.6 Å². The van der Waals surface area contributed by atoms with Crippen molar-refractivity contribution in [2.75, 3.05) is 5.32 Å². The third-order valence-corrected chi connectivity index (χ3v) is 3.52. The SMILES string of the molecule is Cc1ccccc1NC(=O)c1c(C)noc1-c1ccccc1. The molecule has 1 N–H and O–H groups in total. The molecule has 0 unspecified atom stereocenters. The van der Waals surface area contributed by atoms with Crippen LogP contribution in [-0.2, 0) is 0 Å². The van der Waals surface area contributed by atoms with E-state index >= 15 is 0 Å². The van der Waals surface area contributed by atoms with E-state index in [0.29, 0.717) is 17.0 Å². The number of anilines is 1. The summed E-state index contributed by atoms with van der Waals surface area (Å²) in [6, 6.07) is 17.2. The van der Waals surface area contributed by atoms with Gasteiger partial charge in [0.15, 0.2) is 5.76 Å². The number of carbonyl (C=O) groups excluding carboxylic acids is 1. The highest BCUT2D eigenvalue weighted by atomic mass is 16.5. The smallest absolute Gasteiger partial charge is 0.261 e. The van der Waals surface area contributed by atoms with E-state index in [1.54, 1.807) is 6.92 Å². The number of para-hydroxylation sites is 1. The van der Waals surface area contributed by atoms with Gasteiger partial charge in [-0.25, -0.2) is 0 Å². The van der Waals surface area contributed by atoms with Gasteiger partial charge in [0.25, 0.3) is 5.91 Å². The molecular weight excluding hydrogens is 276 g/mol. The fourth-order valence-electron chi connectivity index (χ4n) is 2.32. The summed E-state index contributed by atoms with van der Waals surface area (Å²) in [6.07, 6.45) is 0. The Balaban J connectivity index is 1.97. The lowest BCUT2D eigenvalue weighted by molar-refractivity contribution is 0.102. The van der Waals surface area contributed by atoms with E-state index in [4.69, 9.17) is 4.52 Å². The lowest BCUT2D eigenvalue weighted by Gasteiger charge is -2.08. The van der Waals surface area contributed by atoms with Gasteiger partial charge in [-0.2, -0.15) is 0 Å². The molecule has 22 heavy (non-hydrogen) atoms. The zero-order valence-electron chi connectivity index (χ0n) is 12.5. The second-order valence-corrected chi connectivity index (χ2v) is 5.11. The highest BCUT2D eigenvalue weighted by molar-refractivity contribution is 6.08. The minimum absolute atomic E-state index is 0.216. The first kappa shape index (κ1) is 14.1. The van der Waals surface area contributed by atoms with Crippen molar-refractivity contribution in [2.45, 2.75) is 13.8 Å². The molecule has 0 saturated heterocycles. The Kier molecular flexibility index (Phi) is 3.74. The van der Waals surface area contributed by atoms with Crippen LogP contribution in [0, 0.1) is 13.8 Å². The predicted octanol–water partition coefficient (Wildman–Crippen LogP) is 4.21. The maximum absolute atomic E-state index is 12.6. The third kappa shape index (κ3) is 2.63. The van der Waals surface area contributed by atoms with Gasteiger partial charge in [0.1, 0.15) is 5.56 Å². The number of carbonyl (C=O) groups is 1. The van der Waals surface area contributed by atoms with Crippen LogP contribution in [0.25, 0.3) is 11.3 Å². The van der Waals surface area contributed by atoms with E-state index in [1.165, 1.54) is 0 Å². The predicted molar refractivity (Wildman–Crippen MR) is 85.8 cm³/mol. The molecule has 2 aromatic carbocycles. The molecule has 0 atom stereocenters. The number of aromatic nitrogens is 1. The highest BCUT2D eigenvalue weighted by Crippen LogP contribution is 2.27. The average molecular weight is 292 g/mol. The fraction of sp³-hybridized carbons (Fsp3) is 0.111. The Morgan fingerprint density at radius 1 is 1.00 bits per heavy atom. The molecule has 110 valence electrons. The molecule has 3 rings (SSSR count). The van der Waals surface area contributed by atoms with Gasteiger partial charge >= 0.3 is 0 Å². The fourth-order valence-corrected chi connectivity index (χ4v) is 2.32. The molecule has 1 heterocycles. The molecule has 0 radical (unpaired) electrons. The Hall–Kier alpha value is -2.88. The molecule has 0 fully saturated rings. The lowest BCUT2D eigenvalue weighted by Crippen LogP contribution is -2.14. The number of nitrogens with zero attached hydrogens (tertiary/aromatic N) is 1. The van der Waals surface area contributed by atoms with Gasteiger partial charge in [-0.05, 0) is 25.5 Å². The summed E-state index contributed by atoms with van der Waals surface area (Å²) >= 11 is 0. The molecule has 3 aromatic rings. The van der Waals surface area contributed by atoms with E-state index in [9.17, 15) is 4.79 Å². The first-order valence-corrected chi connectivity index (χ1v) is 7.05. The summed E-state index contributed by atoms with van der Waals surface area (Å²) in [5, 5.41) is 6.87. The zero-order valence-corrected chi connectivity index (χ0v) is 12.5. The maximum atomic E-state index is 12.6. The molecule has 0 aliphatic heterocycles. The standard InChI is InChI=1S/C18H16N2O2/c1-12-8-6-7-11-15(12)19-18(21)16-13(2)20-22-17(16)14-9-4-3-5-10-14/h3-11H,1-2H3,(H,19,21). The summed E-state index contributed by atoms with van der Waals surface area (Å²) in [7, 11) is 0. The lowest BCUT2D eigenvalue weighted by atomic mass is 10.1. The topological polar surface area (TPSA) is 55.1 Å². The molecule has 4 nitrogen and oxygen atoms in total. The molecule has 0 bridgehead atoms. The number of amides is 1. The summed E-state index contributed by atoms with van der Waals surface area (Å²) in [5.74, 6) is 0.274.